The summed E-state index contributed by atoms with van der Waals surface area (Å²) in [7, 11) is 11.5. The lowest BCUT2D eigenvalue weighted by molar-refractivity contribution is -0.117. The van der Waals surface area contributed by atoms with Crippen molar-refractivity contribution in [3.05, 3.63) is 169 Å². The van der Waals surface area contributed by atoms with E-state index in [1.165, 1.54) is 0 Å². The van der Waals surface area contributed by atoms with Crippen LogP contribution in [0, 0.1) is 27.7 Å². The number of amides is 2. The van der Waals surface area contributed by atoms with Crippen LogP contribution in [0.5, 0.6) is 23.0 Å². The average Bonchev–Trinajstić information content (AvgIpc) is 1.11. The van der Waals surface area contributed by atoms with Crippen molar-refractivity contribution < 1.29 is 28.5 Å². The van der Waals surface area contributed by atoms with Crippen molar-refractivity contribution in [2.45, 2.75) is 41.5 Å². The Labute approximate surface area is 603 Å². The molecule has 8 N–H and O–H groups in total. The monoisotopic (exact) mass is 1400 g/mol. The summed E-state index contributed by atoms with van der Waals surface area (Å²) >= 11 is 0. The number of hydrogen-bond donors (Lipinski definition) is 8. The summed E-state index contributed by atoms with van der Waals surface area (Å²) in [5, 5.41) is 12.9. The van der Waals surface area contributed by atoms with E-state index in [1.54, 1.807) is 36.0 Å². The second kappa shape index (κ2) is 30.6. The molecule has 12 heterocycles. The van der Waals surface area contributed by atoms with Gasteiger partial charge in [0, 0.05) is 161 Å². The first-order valence-electron chi connectivity index (χ1n) is 34.3. The molecule has 4 aliphatic heterocycles. The van der Waals surface area contributed by atoms with Gasteiger partial charge in [-0.25, -0.2) is 19.9 Å². The standard InChI is InChI=1S/C21H23N5O2.C20H21N5O2.C19H21N5O.C18H19N5O/c1-13-11-16(7-8-22-13)20-19(23-21(24-20)25(3)4)15-5-6-18-17(12-15)26(14(2)27)9-10-28-18;1-12-10-15(6-7-22-12)19-18(23-20(21-3)24-19)14-4-5-17-16(11-14)25(13(2)26)8-9-27-17;1-12-10-14(6-7-20-12)18-17(22-19(23-18)24(2)3)13-4-5-16-15(11-13)21-8-9-25-16;1-11-9-13(5-6-20-11)17-16(22-18(19-2)23-17)12-3-4-15-14(10-12)21-7-8-24-15/h5-8,11-12H,9-10H2,1-4H3,(H,23,24);4-7,10-11H,8-9H2,1-3H3,(H2,21,23,24);4-7,10-11,21H,8-9H2,1-3H3,(H,22,23);3-6,9-10,21H,7-8H2,1-2H3,(H2,19,22,23). The number of hydrogen-bond acceptors (Lipinski definition) is 20. The molecule has 0 radical (unpaired) electrons. The zero-order chi connectivity index (χ0) is 72.7. The van der Waals surface area contributed by atoms with Gasteiger partial charge in [-0.15, -0.1) is 0 Å². The SMILES string of the molecule is CC(=O)N1CCOc2ccc(-c3nc(N(C)C)[nH]c3-c3ccnc(C)c3)cc21.CNc1nc(-c2ccc3c(c2)N(C(C)=O)CCO3)c(-c2ccnc(C)c2)[nH]1.CNc1nc(-c2ccc3c(c2)NCCO3)c(-c2ccnc(C)c2)[nH]1.Cc1cc(-c2[nH]c(N(C)C)nc2-c2ccc3c(c2)NCCO3)ccn1. The Morgan fingerprint density at radius 2 is 0.712 bits per heavy atom. The second-order valence-electron chi connectivity index (χ2n) is 25.6. The Bertz CT molecular complexity index is 5110. The molecular formula is C78H84N20O6. The fraction of sp³-hybridized carbons (Fsp3) is 0.256. The first-order chi connectivity index (χ1) is 50.4. The van der Waals surface area contributed by atoms with E-state index in [2.05, 4.69) is 91.5 Å². The Kier molecular flexibility index (Phi) is 20.5. The molecule has 26 nitrogen and oxygen atoms in total. The summed E-state index contributed by atoms with van der Waals surface area (Å²) in [4.78, 5) is 81.2. The van der Waals surface area contributed by atoms with E-state index in [0.29, 0.717) is 51.2 Å². The lowest BCUT2D eigenvalue weighted by Gasteiger charge is -2.29. The summed E-state index contributed by atoms with van der Waals surface area (Å²) in [6, 6.07) is 40.0. The molecule has 0 saturated carbocycles. The van der Waals surface area contributed by atoms with Crippen LogP contribution in [0.4, 0.5) is 46.5 Å². The number of nitrogens with zero attached hydrogens (tertiary/aromatic N) is 12. The highest BCUT2D eigenvalue weighted by Crippen LogP contribution is 2.43. The number of carbonyl (C=O) groups excluding carboxylic acids is 2. The number of H-pyrrole nitrogens is 4. The zero-order valence-electron chi connectivity index (χ0n) is 60.3. The van der Waals surface area contributed by atoms with Gasteiger partial charge in [-0.1, -0.05) is 0 Å². The maximum atomic E-state index is 12.1. The zero-order valence-corrected chi connectivity index (χ0v) is 60.3. The summed E-state index contributed by atoms with van der Waals surface area (Å²) < 4.78 is 22.8. The molecule has 4 aromatic carbocycles. The molecular weight excluding hydrogens is 1310 g/mol. The molecule has 26 heteroatoms. The number of carbonyl (C=O) groups is 2. The van der Waals surface area contributed by atoms with Gasteiger partial charge in [0.15, 0.2) is 0 Å². The smallest absolute Gasteiger partial charge is 0.224 e. The van der Waals surface area contributed by atoms with Crippen LogP contribution < -0.4 is 59.8 Å². The highest BCUT2D eigenvalue weighted by molar-refractivity contribution is 5.97. The molecule has 0 atom stereocenters. The molecule has 0 spiro atoms. The number of fused-ring (bicyclic) bond motifs is 4. The van der Waals surface area contributed by atoms with E-state index in [1.807, 2.05) is 183 Å². The third-order valence-corrected chi connectivity index (χ3v) is 17.7. The molecule has 0 fully saturated rings. The van der Waals surface area contributed by atoms with Crippen molar-refractivity contribution >= 4 is 58.4 Å². The van der Waals surface area contributed by atoms with Gasteiger partial charge in [-0.3, -0.25) is 29.5 Å². The van der Waals surface area contributed by atoms with Gasteiger partial charge in [0.05, 0.1) is 81.4 Å². The predicted molar refractivity (Wildman–Crippen MR) is 411 cm³/mol. The predicted octanol–water partition coefficient (Wildman–Crippen LogP) is 13.1. The van der Waals surface area contributed by atoms with Gasteiger partial charge in [-0.05, 0) is 149 Å². The minimum atomic E-state index is -0.000348. The first kappa shape index (κ1) is 69.7. The number of rotatable bonds is 12. The summed E-state index contributed by atoms with van der Waals surface area (Å²) in [5.41, 5.74) is 22.7. The van der Waals surface area contributed by atoms with E-state index < -0.39 is 0 Å². The number of aromatic amines is 4. The van der Waals surface area contributed by atoms with Gasteiger partial charge < -0.3 is 79.8 Å². The van der Waals surface area contributed by atoms with Gasteiger partial charge in [-0.2, -0.15) is 0 Å². The van der Waals surface area contributed by atoms with Crippen LogP contribution in [0.1, 0.15) is 36.6 Å². The topological polar surface area (TPSA) is 298 Å². The molecule has 12 aromatic rings. The van der Waals surface area contributed by atoms with Gasteiger partial charge in [0.2, 0.25) is 35.6 Å². The maximum Gasteiger partial charge on any atom is 0.224 e. The number of aromatic nitrogens is 12. The number of aryl methyl sites for hydroxylation is 4. The van der Waals surface area contributed by atoms with Crippen molar-refractivity contribution in [1.29, 1.82) is 0 Å². The normalized spacial score (nSPS) is 13.0. The largest absolute Gasteiger partial charge is 0.490 e. The minimum Gasteiger partial charge on any atom is -0.490 e. The fourth-order valence-corrected chi connectivity index (χ4v) is 12.6. The number of benzene rings is 4. The van der Waals surface area contributed by atoms with Crippen LogP contribution in [-0.2, 0) is 9.59 Å². The minimum absolute atomic E-state index is 0.000348. The lowest BCUT2D eigenvalue weighted by atomic mass is 10.0. The molecule has 0 aliphatic carbocycles. The molecule has 4 aliphatic rings. The van der Waals surface area contributed by atoms with Crippen LogP contribution in [-0.4, -0.2) is 167 Å². The molecule has 8 aromatic heterocycles. The Morgan fingerprint density at radius 1 is 0.394 bits per heavy atom. The van der Waals surface area contributed by atoms with Crippen molar-refractivity contribution in [1.82, 2.24) is 59.8 Å². The number of imidazole rings is 4. The van der Waals surface area contributed by atoms with Crippen LogP contribution in [0.3, 0.4) is 0 Å². The third kappa shape index (κ3) is 15.3. The molecule has 0 bridgehead atoms. The quantitative estimate of drug-likeness (QED) is 0.0564. The Hall–Kier alpha value is -12.7. The summed E-state index contributed by atoms with van der Waals surface area (Å²) in [5.74, 6) is 6.19. The van der Waals surface area contributed by atoms with Crippen LogP contribution in [0.25, 0.3) is 90.1 Å². The number of anilines is 8. The Morgan fingerprint density at radius 3 is 1.04 bits per heavy atom. The van der Waals surface area contributed by atoms with Crippen molar-refractivity contribution in [3.63, 3.8) is 0 Å². The van der Waals surface area contributed by atoms with Crippen molar-refractivity contribution in [2.24, 2.45) is 0 Å². The molecule has 104 heavy (non-hydrogen) atoms. The van der Waals surface area contributed by atoms with E-state index in [4.69, 9.17) is 38.9 Å². The third-order valence-electron chi connectivity index (χ3n) is 17.7. The summed E-state index contributed by atoms with van der Waals surface area (Å²) in [6.45, 7) is 16.2. The molecule has 2 amide bonds. The number of ether oxygens (including phenoxy) is 4. The van der Waals surface area contributed by atoms with Crippen LogP contribution in [0.2, 0.25) is 0 Å². The second-order valence-corrected chi connectivity index (χ2v) is 25.6. The van der Waals surface area contributed by atoms with E-state index in [0.717, 1.165) is 184 Å². The van der Waals surface area contributed by atoms with Gasteiger partial charge in [0.1, 0.15) is 49.4 Å². The van der Waals surface area contributed by atoms with E-state index >= 15 is 0 Å². The molecule has 16 rings (SSSR count). The lowest BCUT2D eigenvalue weighted by Crippen LogP contribution is -2.36. The highest BCUT2D eigenvalue weighted by Gasteiger charge is 2.27. The van der Waals surface area contributed by atoms with Gasteiger partial charge >= 0.3 is 0 Å². The van der Waals surface area contributed by atoms with E-state index in [-0.39, 0.29) is 11.8 Å². The van der Waals surface area contributed by atoms with Gasteiger partial charge in [0.25, 0.3) is 0 Å². The van der Waals surface area contributed by atoms with Crippen LogP contribution >= 0.6 is 0 Å². The number of pyridine rings is 4. The fourth-order valence-electron chi connectivity index (χ4n) is 12.6. The summed E-state index contributed by atoms with van der Waals surface area (Å²) in [6.07, 6.45) is 7.22. The number of nitrogens with one attached hydrogen (secondary N) is 8. The molecule has 0 saturated heterocycles. The van der Waals surface area contributed by atoms with Crippen molar-refractivity contribution in [2.75, 3.05) is 136 Å². The maximum absolute atomic E-state index is 12.1. The van der Waals surface area contributed by atoms with E-state index in [9.17, 15) is 9.59 Å². The van der Waals surface area contributed by atoms with Crippen molar-refractivity contribution in [3.8, 4) is 113 Å². The first-order valence-corrected chi connectivity index (χ1v) is 34.3. The molecule has 532 valence electrons. The highest BCUT2D eigenvalue weighted by atomic mass is 16.5. The Balaban J connectivity index is 0.000000123. The average molecular weight is 1400 g/mol. The molecule has 0 unspecified atom stereocenters. The van der Waals surface area contributed by atoms with Crippen LogP contribution in [0.15, 0.2) is 146 Å².